The molecule has 0 bridgehead atoms. The van der Waals surface area contributed by atoms with E-state index >= 15 is 0 Å². The number of nitrogens with one attached hydrogen (secondary N) is 1. The molecular weight excluding hydrogens is 200 g/mol. The lowest BCUT2D eigenvalue weighted by Gasteiger charge is -2.32. The van der Waals surface area contributed by atoms with Crippen LogP contribution in [0.15, 0.2) is 34.9 Å². The van der Waals surface area contributed by atoms with Crippen molar-refractivity contribution in [3.05, 3.63) is 30.5 Å². The largest absolute Gasteiger partial charge is 0.462 e. The Labute approximate surface area is 94.6 Å². The maximum Gasteiger partial charge on any atom is 0.136 e. The minimum absolute atomic E-state index is 0.424. The van der Waals surface area contributed by atoms with E-state index in [2.05, 4.69) is 11.4 Å². The molecule has 0 atom stereocenters. The normalized spacial score (nSPS) is 24.3. The van der Waals surface area contributed by atoms with Crippen LogP contribution in [0, 0.1) is 5.92 Å². The van der Waals surface area contributed by atoms with Crippen LogP contribution in [0.2, 0.25) is 0 Å². The van der Waals surface area contributed by atoms with Crippen LogP contribution in [0.25, 0.3) is 11.0 Å². The number of hydrogen-bond donors (Lipinski definition) is 2. The van der Waals surface area contributed by atoms with Crippen molar-refractivity contribution in [1.29, 1.82) is 0 Å². The molecule has 0 aliphatic heterocycles. The number of nitrogens with two attached hydrogens (primary N) is 1. The average Bonchev–Trinajstić information content (AvgIpc) is 2.66. The molecule has 0 spiro atoms. The summed E-state index contributed by atoms with van der Waals surface area (Å²) >= 11 is 0. The van der Waals surface area contributed by atoms with Crippen molar-refractivity contribution < 1.29 is 4.42 Å². The highest BCUT2D eigenvalue weighted by molar-refractivity contribution is 5.90. The van der Waals surface area contributed by atoms with E-state index in [1.165, 1.54) is 0 Å². The predicted molar refractivity (Wildman–Crippen MR) is 65.4 cm³/mol. The predicted octanol–water partition coefficient (Wildman–Crippen LogP) is 2.58. The Bertz CT molecular complexity index is 485. The van der Waals surface area contributed by atoms with E-state index in [1.54, 1.807) is 6.26 Å². The van der Waals surface area contributed by atoms with Crippen molar-refractivity contribution in [2.24, 2.45) is 11.7 Å². The zero-order valence-corrected chi connectivity index (χ0v) is 9.15. The quantitative estimate of drug-likeness (QED) is 0.829. The first kappa shape index (κ1) is 9.73. The Kier molecular flexibility index (Phi) is 2.33. The van der Waals surface area contributed by atoms with Crippen LogP contribution in [0.1, 0.15) is 12.8 Å². The van der Waals surface area contributed by atoms with E-state index in [0.29, 0.717) is 6.04 Å². The third kappa shape index (κ3) is 1.67. The number of furan rings is 1. The van der Waals surface area contributed by atoms with E-state index < -0.39 is 0 Å². The van der Waals surface area contributed by atoms with Gasteiger partial charge >= 0.3 is 0 Å². The van der Waals surface area contributed by atoms with Crippen molar-refractivity contribution in [3.8, 4) is 0 Å². The van der Waals surface area contributed by atoms with E-state index in [-0.39, 0.29) is 0 Å². The third-order valence-electron chi connectivity index (χ3n) is 3.33. The molecule has 16 heavy (non-hydrogen) atoms. The first-order chi connectivity index (χ1) is 7.83. The van der Waals surface area contributed by atoms with E-state index in [9.17, 15) is 0 Å². The first-order valence-electron chi connectivity index (χ1n) is 5.78. The maximum absolute atomic E-state index is 5.76. The lowest BCUT2D eigenvalue weighted by atomic mass is 9.81. The molecular formula is C13H16N2O. The van der Waals surface area contributed by atoms with Crippen LogP contribution in [0.5, 0.6) is 0 Å². The van der Waals surface area contributed by atoms with Gasteiger partial charge in [0.1, 0.15) is 11.8 Å². The fourth-order valence-corrected chi connectivity index (χ4v) is 2.32. The first-order valence-corrected chi connectivity index (χ1v) is 5.78. The van der Waals surface area contributed by atoms with Crippen LogP contribution in [-0.2, 0) is 0 Å². The maximum atomic E-state index is 5.76. The van der Waals surface area contributed by atoms with Gasteiger partial charge in [-0.3, -0.25) is 0 Å². The van der Waals surface area contributed by atoms with Gasteiger partial charge in [-0.05, 0) is 30.9 Å². The van der Waals surface area contributed by atoms with Gasteiger partial charge in [0.25, 0.3) is 0 Å². The van der Waals surface area contributed by atoms with Crippen LogP contribution >= 0.6 is 0 Å². The van der Waals surface area contributed by atoms with Gasteiger partial charge in [-0.1, -0.05) is 12.1 Å². The molecule has 0 radical (unpaired) electrons. The Morgan fingerprint density at radius 1 is 1.31 bits per heavy atom. The minimum Gasteiger partial charge on any atom is -0.462 e. The van der Waals surface area contributed by atoms with Gasteiger partial charge in [0.05, 0.1) is 5.69 Å². The summed E-state index contributed by atoms with van der Waals surface area (Å²) in [5.74, 6) is 0.726. The highest BCUT2D eigenvalue weighted by atomic mass is 16.3. The second-order valence-corrected chi connectivity index (χ2v) is 4.62. The number of hydrogen-bond acceptors (Lipinski definition) is 3. The molecule has 1 saturated carbocycles. The number of rotatable bonds is 3. The molecule has 1 aromatic heterocycles. The van der Waals surface area contributed by atoms with E-state index in [0.717, 1.165) is 42.0 Å². The lowest BCUT2D eigenvalue weighted by Crippen LogP contribution is -2.39. The van der Waals surface area contributed by atoms with Crippen molar-refractivity contribution in [2.45, 2.75) is 18.9 Å². The molecule has 0 amide bonds. The average molecular weight is 216 g/mol. The fraction of sp³-hybridized carbons (Fsp3) is 0.385. The second kappa shape index (κ2) is 3.83. The van der Waals surface area contributed by atoms with E-state index in [4.69, 9.17) is 10.2 Å². The summed E-state index contributed by atoms with van der Waals surface area (Å²) in [4.78, 5) is 0. The fourth-order valence-electron chi connectivity index (χ4n) is 2.32. The van der Waals surface area contributed by atoms with Gasteiger partial charge in [-0.2, -0.15) is 0 Å². The monoisotopic (exact) mass is 216 g/mol. The van der Waals surface area contributed by atoms with Crippen LogP contribution in [0.4, 0.5) is 5.69 Å². The lowest BCUT2D eigenvalue weighted by molar-refractivity contribution is 0.280. The zero-order chi connectivity index (χ0) is 11.0. The minimum atomic E-state index is 0.424. The molecule has 1 aliphatic carbocycles. The Hall–Kier alpha value is -1.48. The van der Waals surface area contributed by atoms with Crippen LogP contribution in [0.3, 0.4) is 0 Å². The highest BCUT2D eigenvalue weighted by Gasteiger charge is 2.25. The smallest absolute Gasteiger partial charge is 0.136 e. The summed E-state index contributed by atoms with van der Waals surface area (Å²) in [6, 6.07) is 8.50. The number of fused-ring (bicyclic) bond motifs is 1. The summed E-state index contributed by atoms with van der Waals surface area (Å²) < 4.78 is 5.47. The molecule has 1 aromatic carbocycles. The summed E-state index contributed by atoms with van der Waals surface area (Å²) in [6.07, 6.45) is 4.08. The summed E-state index contributed by atoms with van der Waals surface area (Å²) in [5.41, 5.74) is 7.80. The van der Waals surface area contributed by atoms with Gasteiger partial charge in [-0.15, -0.1) is 0 Å². The van der Waals surface area contributed by atoms with Gasteiger partial charge in [-0.25, -0.2) is 0 Å². The number of benzene rings is 1. The Morgan fingerprint density at radius 2 is 2.12 bits per heavy atom. The Balaban J connectivity index is 1.70. The summed E-state index contributed by atoms with van der Waals surface area (Å²) in [5, 5.41) is 4.60. The standard InChI is InChI=1S/C13H16N2O/c14-10-5-9(6-10)7-15-12-8-16-13-4-2-1-3-11(12)13/h1-4,8-10,15H,5-7,14H2. The van der Waals surface area contributed by atoms with Gasteiger partial charge in [0.15, 0.2) is 0 Å². The molecule has 1 fully saturated rings. The molecule has 2 aromatic rings. The summed E-state index contributed by atoms with van der Waals surface area (Å²) in [7, 11) is 0. The highest BCUT2D eigenvalue weighted by Crippen LogP contribution is 2.29. The molecule has 3 nitrogen and oxygen atoms in total. The third-order valence-corrected chi connectivity index (χ3v) is 3.33. The second-order valence-electron chi connectivity index (χ2n) is 4.62. The van der Waals surface area contributed by atoms with E-state index in [1.807, 2.05) is 18.2 Å². The van der Waals surface area contributed by atoms with Crippen molar-refractivity contribution in [3.63, 3.8) is 0 Å². The van der Waals surface area contributed by atoms with Gasteiger partial charge < -0.3 is 15.5 Å². The van der Waals surface area contributed by atoms with Gasteiger partial charge in [0.2, 0.25) is 0 Å². The van der Waals surface area contributed by atoms with Crippen LogP contribution < -0.4 is 11.1 Å². The zero-order valence-electron chi connectivity index (χ0n) is 9.15. The number of para-hydroxylation sites is 1. The number of anilines is 1. The molecule has 1 aliphatic rings. The Morgan fingerprint density at radius 3 is 2.94 bits per heavy atom. The molecule has 3 rings (SSSR count). The van der Waals surface area contributed by atoms with Gasteiger partial charge in [0, 0.05) is 18.0 Å². The summed E-state index contributed by atoms with van der Waals surface area (Å²) in [6.45, 7) is 0.997. The molecule has 1 heterocycles. The molecule has 0 unspecified atom stereocenters. The molecule has 0 saturated heterocycles. The van der Waals surface area contributed by atoms with Crippen molar-refractivity contribution >= 4 is 16.7 Å². The van der Waals surface area contributed by atoms with Crippen molar-refractivity contribution in [2.75, 3.05) is 11.9 Å². The SMILES string of the molecule is NC1CC(CNc2coc3ccccc23)C1. The van der Waals surface area contributed by atoms with Crippen molar-refractivity contribution in [1.82, 2.24) is 0 Å². The topological polar surface area (TPSA) is 51.2 Å². The molecule has 84 valence electrons. The molecule has 3 heteroatoms. The van der Waals surface area contributed by atoms with Crippen LogP contribution in [-0.4, -0.2) is 12.6 Å². The molecule has 3 N–H and O–H groups in total.